The van der Waals surface area contributed by atoms with Gasteiger partial charge < -0.3 is 14.9 Å². The molecule has 5 aromatic rings. The van der Waals surface area contributed by atoms with E-state index in [1.165, 1.54) is 73.8 Å². The Bertz CT molecular complexity index is 2220. The zero-order chi connectivity index (χ0) is 31.1. The summed E-state index contributed by atoms with van der Waals surface area (Å²) in [6.07, 6.45) is 0. The van der Waals surface area contributed by atoms with Gasteiger partial charge in [-0.05, 0) is 41.8 Å². The summed E-state index contributed by atoms with van der Waals surface area (Å²) in [5, 5.41) is 38.4. The second kappa shape index (κ2) is 11.2. The van der Waals surface area contributed by atoms with Crippen molar-refractivity contribution in [2.45, 2.75) is 9.79 Å². The third-order valence-electron chi connectivity index (χ3n) is 6.26. The molecule has 0 heterocycles. The van der Waals surface area contributed by atoms with Gasteiger partial charge in [0.05, 0.1) is 17.0 Å². The Balaban J connectivity index is 1.49. The van der Waals surface area contributed by atoms with Crippen LogP contribution < -0.4 is 4.74 Å². The number of hydrogen-bond acceptors (Lipinski definition) is 11. The molecule has 0 aliphatic carbocycles. The predicted molar refractivity (Wildman–Crippen MR) is 157 cm³/mol. The van der Waals surface area contributed by atoms with E-state index in [2.05, 4.69) is 20.5 Å². The van der Waals surface area contributed by atoms with Crippen molar-refractivity contribution in [3.05, 3.63) is 77.8 Å². The summed E-state index contributed by atoms with van der Waals surface area (Å²) < 4.78 is 70.5. The summed E-state index contributed by atoms with van der Waals surface area (Å²) in [6, 6.07) is 16.0. The third kappa shape index (κ3) is 5.97. The minimum atomic E-state index is -4.53. The van der Waals surface area contributed by atoms with Crippen LogP contribution in [0.3, 0.4) is 0 Å². The number of azo groups is 2. The Morgan fingerprint density at radius 3 is 2.09 bits per heavy atom. The van der Waals surface area contributed by atoms with Gasteiger partial charge in [-0.2, -0.15) is 16.8 Å². The smallest absolute Gasteiger partial charge is 0.295 e. The Kier molecular flexibility index (Phi) is 7.76. The summed E-state index contributed by atoms with van der Waals surface area (Å²) in [4.78, 5) is -0.701. The quantitative estimate of drug-likeness (QED) is 0.103. The zero-order valence-corrected chi connectivity index (χ0v) is 24.1. The van der Waals surface area contributed by atoms with Gasteiger partial charge in [0.25, 0.3) is 20.2 Å². The van der Waals surface area contributed by atoms with Crippen LogP contribution in [0.15, 0.2) is 103 Å². The molecule has 0 saturated carbocycles. The Labute approximate surface area is 248 Å². The van der Waals surface area contributed by atoms with Crippen molar-refractivity contribution in [3.63, 3.8) is 0 Å². The number of methoxy groups -OCH3 is 1. The molecular formula is C27H19ClN4O9S2. The molecule has 0 saturated heterocycles. The van der Waals surface area contributed by atoms with E-state index in [0.29, 0.717) is 10.8 Å². The Morgan fingerprint density at radius 2 is 1.40 bits per heavy atom. The van der Waals surface area contributed by atoms with Gasteiger partial charge in [-0.1, -0.05) is 41.9 Å². The van der Waals surface area contributed by atoms with Crippen molar-refractivity contribution >= 4 is 76.1 Å². The number of fused-ring (bicyclic) bond motifs is 2. The molecule has 220 valence electrons. The molecule has 0 bridgehead atoms. The topological polar surface area (TPSA) is 208 Å². The molecule has 0 fully saturated rings. The van der Waals surface area contributed by atoms with Gasteiger partial charge >= 0.3 is 0 Å². The van der Waals surface area contributed by atoms with Gasteiger partial charge in [-0.15, -0.1) is 20.5 Å². The van der Waals surface area contributed by atoms with Gasteiger partial charge in [0, 0.05) is 22.2 Å². The van der Waals surface area contributed by atoms with Gasteiger partial charge in [-0.25, -0.2) is 0 Å². The standard InChI is InChI=1S/C27H19ClN4O9S2/c1-41-24-13-21(30-32-26-16-7-6-15(42(35,36)37)11-14(16)5-10-23(26)33)19(28)12-22(24)31-29-20-9-8-17-18(27(20)34)3-2-4-25(17)43(38,39)40/h2-13,33-34H,1H3,(H,35,36,37)(H,38,39,40). The maximum absolute atomic E-state index is 11.7. The van der Waals surface area contributed by atoms with Crippen LogP contribution in [0.1, 0.15) is 0 Å². The molecule has 0 unspecified atom stereocenters. The highest BCUT2D eigenvalue weighted by atomic mass is 35.5. The number of rotatable bonds is 7. The molecule has 13 nitrogen and oxygen atoms in total. The first-order valence-corrected chi connectivity index (χ1v) is 15.2. The summed E-state index contributed by atoms with van der Waals surface area (Å²) in [5.41, 5.74) is 0.269. The Morgan fingerprint density at radius 1 is 0.698 bits per heavy atom. The van der Waals surface area contributed by atoms with Crippen LogP contribution in [-0.2, 0) is 20.2 Å². The van der Waals surface area contributed by atoms with E-state index in [4.69, 9.17) is 16.3 Å². The fourth-order valence-corrected chi connectivity index (χ4v) is 5.63. The van der Waals surface area contributed by atoms with Gasteiger partial charge in [0.1, 0.15) is 39.1 Å². The normalized spacial score (nSPS) is 12.6. The van der Waals surface area contributed by atoms with Crippen LogP contribution in [0.4, 0.5) is 22.7 Å². The molecule has 0 spiro atoms. The summed E-state index contributed by atoms with van der Waals surface area (Å²) in [7, 11) is -7.62. The number of nitrogens with zero attached hydrogens (tertiary/aromatic N) is 4. The summed E-state index contributed by atoms with van der Waals surface area (Å²) in [5.74, 6) is -0.458. The molecule has 0 amide bonds. The molecule has 5 aromatic carbocycles. The zero-order valence-electron chi connectivity index (χ0n) is 21.7. The molecule has 0 aromatic heterocycles. The summed E-state index contributed by atoms with van der Waals surface area (Å²) in [6.45, 7) is 0. The maximum Gasteiger partial charge on any atom is 0.295 e. The SMILES string of the molecule is COc1cc(N=Nc2c(O)ccc3cc(S(=O)(=O)O)ccc23)c(Cl)cc1N=Nc1ccc2c(S(=O)(=O)O)cccc2c1O. The number of phenolic OH excluding ortho intramolecular Hbond substituents is 2. The van der Waals surface area contributed by atoms with Crippen LogP contribution >= 0.6 is 11.6 Å². The van der Waals surface area contributed by atoms with Crippen LogP contribution in [-0.4, -0.2) is 43.3 Å². The lowest BCUT2D eigenvalue weighted by atomic mass is 10.1. The van der Waals surface area contributed by atoms with E-state index in [-0.39, 0.29) is 65.6 Å². The van der Waals surface area contributed by atoms with Crippen LogP contribution in [0.5, 0.6) is 17.2 Å². The molecule has 0 atom stereocenters. The average molecular weight is 643 g/mol. The van der Waals surface area contributed by atoms with E-state index >= 15 is 0 Å². The lowest BCUT2D eigenvalue weighted by molar-refractivity contribution is 0.416. The summed E-state index contributed by atoms with van der Waals surface area (Å²) >= 11 is 6.41. The minimum Gasteiger partial charge on any atom is -0.506 e. The number of hydrogen-bond donors (Lipinski definition) is 4. The molecule has 5 rings (SSSR count). The molecular weight excluding hydrogens is 624 g/mol. The number of ether oxygens (including phenoxy) is 1. The number of halogens is 1. The van der Waals surface area contributed by atoms with Crippen LogP contribution in [0.2, 0.25) is 5.02 Å². The number of aromatic hydroxyl groups is 2. The Hall–Kier alpha value is -4.67. The molecule has 4 N–H and O–H groups in total. The first-order valence-electron chi connectivity index (χ1n) is 11.9. The van der Waals surface area contributed by atoms with E-state index in [1.807, 2.05) is 0 Å². The van der Waals surface area contributed by atoms with E-state index < -0.39 is 20.2 Å². The minimum absolute atomic E-state index is 0.00878. The predicted octanol–water partition coefficient (Wildman–Crippen LogP) is 7.39. The number of benzene rings is 5. The number of phenols is 2. The lowest BCUT2D eigenvalue weighted by Gasteiger charge is -2.08. The highest BCUT2D eigenvalue weighted by Gasteiger charge is 2.18. The van der Waals surface area contributed by atoms with Gasteiger partial charge in [0.15, 0.2) is 5.75 Å². The largest absolute Gasteiger partial charge is 0.506 e. The van der Waals surface area contributed by atoms with E-state index in [1.54, 1.807) is 0 Å². The first-order chi connectivity index (χ1) is 20.3. The third-order valence-corrected chi connectivity index (χ3v) is 8.32. The average Bonchev–Trinajstić information content (AvgIpc) is 2.95. The fourth-order valence-electron chi connectivity index (χ4n) is 4.21. The molecule has 16 heteroatoms. The second-order valence-electron chi connectivity index (χ2n) is 8.93. The van der Waals surface area contributed by atoms with E-state index in [9.17, 15) is 36.2 Å². The molecule has 0 radical (unpaired) electrons. The highest BCUT2D eigenvalue weighted by molar-refractivity contribution is 7.86. The van der Waals surface area contributed by atoms with Crippen molar-refractivity contribution in [2.75, 3.05) is 7.11 Å². The van der Waals surface area contributed by atoms with Gasteiger partial charge in [0.2, 0.25) is 0 Å². The van der Waals surface area contributed by atoms with Crippen LogP contribution in [0, 0.1) is 0 Å². The second-order valence-corrected chi connectivity index (χ2v) is 12.1. The molecule has 43 heavy (non-hydrogen) atoms. The fraction of sp³-hybridized carbons (Fsp3) is 0.0370. The van der Waals surface area contributed by atoms with Crippen molar-refractivity contribution in [1.82, 2.24) is 0 Å². The van der Waals surface area contributed by atoms with Crippen molar-refractivity contribution in [3.8, 4) is 17.2 Å². The van der Waals surface area contributed by atoms with Crippen molar-refractivity contribution < 1.29 is 40.9 Å². The van der Waals surface area contributed by atoms with E-state index in [0.717, 1.165) is 6.07 Å². The monoisotopic (exact) mass is 642 g/mol. The van der Waals surface area contributed by atoms with Crippen molar-refractivity contribution in [2.24, 2.45) is 20.5 Å². The highest BCUT2D eigenvalue weighted by Crippen LogP contribution is 2.43. The molecule has 0 aliphatic rings. The first kappa shape index (κ1) is 29.8. The molecule has 0 aliphatic heterocycles. The maximum atomic E-state index is 11.7. The lowest BCUT2D eigenvalue weighted by Crippen LogP contribution is -1.98. The van der Waals surface area contributed by atoms with Crippen molar-refractivity contribution in [1.29, 1.82) is 0 Å². The van der Waals surface area contributed by atoms with Crippen LogP contribution in [0.25, 0.3) is 21.5 Å². The van der Waals surface area contributed by atoms with Gasteiger partial charge in [-0.3, -0.25) is 9.11 Å².